The van der Waals surface area contributed by atoms with Gasteiger partial charge in [0.1, 0.15) is 40.3 Å². The molecular weight excluding hydrogens is 653 g/mol. The number of aliphatic carboxylic acids is 1. The Labute approximate surface area is 293 Å². The van der Waals surface area contributed by atoms with E-state index in [2.05, 4.69) is 9.47 Å². The molecule has 262 valence electrons. The molecule has 2 unspecified atom stereocenters. The quantitative estimate of drug-likeness (QED) is 0.158. The number of benzene rings is 4. The lowest BCUT2D eigenvalue weighted by Gasteiger charge is -2.25. The molecule has 1 fully saturated rings. The Morgan fingerprint density at radius 2 is 1.61 bits per heavy atom. The average molecular weight is 692 g/mol. The van der Waals surface area contributed by atoms with Crippen LogP contribution in [0.2, 0.25) is 0 Å². The summed E-state index contributed by atoms with van der Waals surface area (Å²) in [4.78, 5) is 25.8. The summed E-state index contributed by atoms with van der Waals surface area (Å²) in [6, 6.07) is 24.7. The topological polar surface area (TPSA) is 115 Å². The van der Waals surface area contributed by atoms with Gasteiger partial charge in [-0.2, -0.15) is 4.98 Å². The predicted molar refractivity (Wildman–Crippen MR) is 192 cm³/mol. The Morgan fingerprint density at radius 3 is 2.27 bits per heavy atom. The van der Waals surface area contributed by atoms with E-state index in [0.717, 1.165) is 58.9 Å². The normalized spacial score (nSPS) is 17.3. The molecule has 4 aromatic carbocycles. The number of aryl methyl sites for hydroxylation is 1. The van der Waals surface area contributed by atoms with Gasteiger partial charge in [0.15, 0.2) is 11.6 Å². The van der Waals surface area contributed by atoms with Gasteiger partial charge >= 0.3 is 5.97 Å². The number of aromatic nitrogens is 3. The van der Waals surface area contributed by atoms with Crippen molar-refractivity contribution in [1.29, 1.82) is 0 Å². The first-order chi connectivity index (χ1) is 24.9. The molecule has 2 atom stereocenters. The first-order valence-corrected chi connectivity index (χ1v) is 17.1. The number of hydrogen-bond donors (Lipinski definition) is 1. The van der Waals surface area contributed by atoms with Crippen LogP contribution in [-0.2, 0) is 24.4 Å². The lowest BCUT2D eigenvalue weighted by molar-refractivity contribution is -0.139. The monoisotopic (exact) mass is 691 g/mol. The zero-order valence-corrected chi connectivity index (χ0v) is 28.4. The van der Waals surface area contributed by atoms with Gasteiger partial charge in [-0.15, -0.1) is 0 Å². The summed E-state index contributed by atoms with van der Waals surface area (Å²) in [7, 11) is 3.30. The maximum Gasteiger partial charge on any atom is 0.329 e. The highest BCUT2D eigenvalue weighted by atomic mass is 19.1. The number of ether oxygens (including phenoxy) is 3. The zero-order chi connectivity index (χ0) is 35.1. The number of fused-ring (bicyclic) bond motifs is 1. The zero-order valence-electron chi connectivity index (χ0n) is 28.4. The van der Waals surface area contributed by atoms with E-state index in [9.17, 15) is 14.3 Å². The van der Waals surface area contributed by atoms with Gasteiger partial charge in [-0.3, -0.25) is 0 Å². The highest BCUT2D eigenvalue weighted by Crippen LogP contribution is 2.39. The van der Waals surface area contributed by atoms with Crippen molar-refractivity contribution in [2.45, 2.75) is 51.1 Å². The number of oxazole rings is 1. The fourth-order valence-electron chi connectivity index (χ4n) is 7.10. The van der Waals surface area contributed by atoms with Crippen LogP contribution in [0.25, 0.3) is 33.5 Å². The second-order valence-electron chi connectivity index (χ2n) is 13.0. The molecule has 6 aromatic rings. The third-order valence-electron chi connectivity index (χ3n) is 9.70. The number of alkyl halides is 1. The van der Waals surface area contributed by atoms with Crippen LogP contribution in [0.15, 0.2) is 83.3 Å². The number of rotatable bonds is 10. The minimum atomic E-state index is -1.45. The maximum atomic E-state index is 14.6. The number of nitrogens with zero attached hydrogens (tertiary/aromatic N) is 5. The molecule has 0 bridgehead atoms. The molecule has 8 rings (SSSR count). The van der Waals surface area contributed by atoms with Gasteiger partial charge < -0.3 is 38.1 Å². The molecule has 2 aliphatic heterocycles. The first kappa shape index (κ1) is 32.4. The van der Waals surface area contributed by atoms with Crippen LogP contribution in [0, 0.1) is 0 Å². The van der Waals surface area contributed by atoms with Crippen molar-refractivity contribution < 1.29 is 32.9 Å². The summed E-state index contributed by atoms with van der Waals surface area (Å²) < 4.78 is 40.1. The van der Waals surface area contributed by atoms with Crippen LogP contribution >= 0.6 is 0 Å². The van der Waals surface area contributed by atoms with Crippen molar-refractivity contribution in [1.82, 2.24) is 14.5 Å². The summed E-state index contributed by atoms with van der Waals surface area (Å²) in [5.41, 5.74) is 6.43. The van der Waals surface area contributed by atoms with E-state index in [1.54, 1.807) is 19.1 Å². The maximum absolute atomic E-state index is 14.6. The Kier molecular flexibility index (Phi) is 8.58. The predicted octanol–water partition coefficient (Wildman–Crippen LogP) is 7.24. The molecule has 0 radical (unpaired) electrons. The molecule has 1 N–H and O–H groups in total. The molecule has 11 nitrogen and oxygen atoms in total. The first-order valence-electron chi connectivity index (χ1n) is 17.1. The Bertz CT molecular complexity index is 2150. The molecule has 2 aromatic heterocycles. The third kappa shape index (κ3) is 6.26. The molecule has 0 saturated carbocycles. The van der Waals surface area contributed by atoms with E-state index in [4.69, 9.17) is 28.6 Å². The summed E-state index contributed by atoms with van der Waals surface area (Å²) >= 11 is 0. The van der Waals surface area contributed by atoms with Gasteiger partial charge in [0.05, 0.1) is 26.3 Å². The highest BCUT2D eigenvalue weighted by Gasteiger charge is 2.40. The van der Waals surface area contributed by atoms with Crippen LogP contribution in [-0.4, -0.2) is 65.2 Å². The Hall–Kier alpha value is -5.78. The van der Waals surface area contributed by atoms with Crippen molar-refractivity contribution in [3.8, 4) is 28.6 Å². The molecule has 12 heteroatoms. The molecule has 1 saturated heterocycles. The SMILES string of the molecule is COc1ccc(CN(Cc2ccc(OC)cc2)c2nc3cc(-c4nc5cc(N6CCC(F)C6C(=O)O)cc6c5n4CCCCO6)ccc3o2)cc1. The van der Waals surface area contributed by atoms with Gasteiger partial charge in [0.2, 0.25) is 0 Å². The van der Waals surface area contributed by atoms with Crippen molar-refractivity contribution in [3.63, 3.8) is 0 Å². The summed E-state index contributed by atoms with van der Waals surface area (Å²) in [5.74, 6) is 1.76. The van der Waals surface area contributed by atoms with E-state index in [-0.39, 0.29) is 6.42 Å². The molecule has 0 amide bonds. The van der Waals surface area contributed by atoms with Gasteiger partial charge in [-0.1, -0.05) is 24.3 Å². The largest absolute Gasteiger partial charge is 0.497 e. The molecule has 51 heavy (non-hydrogen) atoms. The lowest BCUT2D eigenvalue weighted by Crippen LogP contribution is -2.40. The second kappa shape index (κ2) is 13.5. The lowest BCUT2D eigenvalue weighted by atomic mass is 10.1. The Morgan fingerprint density at radius 1 is 0.902 bits per heavy atom. The van der Waals surface area contributed by atoms with Crippen LogP contribution in [0.3, 0.4) is 0 Å². The number of carbonyl (C=O) groups is 1. The molecule has 4 heterocycles. The standard InChI is InChI=1S/C39H38FN5O6/c1-48-28-10-5-24(6-11-28)22-43(23-25-7-12-29(49-2)13-8-25)39-42-31-19-26(9-14-33(31)51-39)37-41-32-20-27(44-17-15-30(40)35(44)38(46)47)21-34-36(32)45(37)16-3-4-18-50-34/h5-14,19-21,30,35H,3-4,15-18,22-23H2,1-2H3,(H,46,47). The molecule has 2 aliphatic rings. The van der Waals surface area contributed by atoms with E-state index in [1.807, 2.05) is 78.9 Å². The van der Waals surface area contributed by atoms with Crippen molar-refractivity contribution in [2.24, 2.45) is 0 Å². The van der Waals surface area contributed by atoms with Gasteiger partial charge in [0, 0.05) is 43.5 Å². The number of methoxy groups -OCH3 is 2. The minimum Gasteiger partial charge on any atom is -0.497 e. The number of hydrogen-bond acceptors (Lipinski definition) is 9. The van der Waals surface area contributed by atoms with Crippen LogP contribution < -0.4 is 24.0 Å². The number of halogens is 1. The van der Waals surface area contributed by atoms with Crippen LogP contribution in [0.1, 0.15) is 30.4 Å². The summed E-state index contributed by atoms with van der Waals surface area (Å²) in [6.07, 6.45) is 0.457. The third-order valence-corrected chi connectivity index (χ3v) is 9.70. The smallest absolute Gasteiger partial charge is 0.329 e. The molecule has 0 aliphatic carbocycles. The second-order valence-corrected chi connectivity index (χ2v) is 13.0. The van der Waals surface area contributed by atoms with Crippen LogP contribution in [0.5, 0.6) is 17.2 Å². The van der Waals surface area contributed by atoms with E-state index in [1.165, 1.54) is 0 Å². The van der Waals surface area contributed by atoms with Gasteiger partial charge in [-0.05, 0) is 78.9 Å². The van der Waals surface area contributed by atoms with E-state index in [0.29, 0.717) is 60.3 Å². The minimum absolute atomic E-state index is 0.155. The van der Waals surface area contributed by atoms with Gasteiger partial charge in [0.25, 0.3) is 6.01 Å². The summed E-state index contributed by atoms with van der Waals surface area (Å²) in [6.45, 7) is 2.67. The van der Waals surface area contributed by atoms with Crippen molar-refractivity contribution in [3.05, 3.63) is 90.0 Å². The van der Waals surface area contributed by atoms with Crippen LogP contribution in [0.4, 0.5) is 16.1 Å². The number of carboxylic acid groups (broad SMARTS) is 1. The fraction of sp³-hybridized carbons (Fsp3) is 0.308. The van der Waals surface area contributed by atoms with Gasteiger partial charge in [-0.25, -0.2) is 14.2 Å². The van der Waals surface area contributed by atoms with Crippen molar-refractivity contribution in [2.75, 3.05) is 37.2 Å². The summed E-state index contributed by atoms with van der Waals surface area (Å²) in [5, 5.41) is 9.80. The number of imidazole rings is 1. The molecule has 0 spiro atoms. The number of anilines is 2. The average Bonchev–Trinajstić information content (AvgIpc) is 3.85. The fourth-order valence-corrected chi connectivity index (χ4v) is 7.10. The highest BCUT2D eigenvalue weighted by molar-refractivity contribution is 5.92. The van der Waals surface area contributed by atoms with E-state index >= 15 is 0 Å². The molecular formula is C39H38FN5O6. The van der Waals surface area contributed by atoms with Crippen molar-refractivity contribution >= 4 is 39.8 Å². The Balaban J connectivity index is 1.17. The number of carboxylic acids is 1. The van der Waals surface area contributed by atoms with E-state index < -0.39 is 18.2 Å².